The molecule has 0 aliphatic rings. The van der Waals surface area contributed by atoms with E-state index in [1.807, 2.05) is 6.92 Å². The number of benzene rings is 1. The van der Waals surface area contributed by atoms with Gasteiger partial charge in [-0.15, -0.1) is 0 Å². The molecule has 2 aromatic rings. The lowest BCUT2D eigenvalue weighted by Gasteiger charge is -2.10. The highest BCUT2D eigenvalue weighted by atomic mass is 35.5. The highest BCUT2D eigenvalue weighted by Gasteiger charge is 2.07. The summed E-state index contributed by atoms with van der Waals surface area (Å²) in [6, 6.07) is 7.32. The maximum absolute atomic E-state index is 12.8. The molecule has 5 heteroatoms. The van der Waals surface area contributed by atoms with Gasteiger partial charge in [0, 0.05) is 12.5 Å². The third-order valence-electron chi connectivity index (χ3n) is 2.63. The zero-order valence-electron chi connectivity index (χ0n) is 9.86. The smallest absolute Gasteiger partial charge is 0.255 e. The van der Waals surface area contributed by atoms with Crippen LogP contribution in [0, 0.1) is 5.82 Å². The van der Waals surface area contributed by atoms with Crippen molar-refractivity contribution in [1.29, 1.82) is 0 Å². The van der Waals surface area contributed by atoms with Crippen LogP contribution in [-0.2, 0) is 13.0 Å². The molecule has 0 aliphatic heterocycles. The van der Waals surface area contributed by atoms with Crippen LogP contribution >= 0.6 is 11.6 Å². The summed E-state index contributed by atoms with van der Waals surface area (Å²) in [5.74, 6) is 0.327. The Morgan fingerprint density at radius 3 is 2.61 bits per heavy atom. The lowest BCUT2D eigenvalue weighted by molar-refractivity contribution is 0.624. The Morgan fingerprint density at radius 2 is 2.00 bits per heavy atom. The van der Waals surface area contributed by atoms with Crippen LogP contribution in [0.15, 0.2) is 35.1 Å². The number of aromatic nitrogens is 2. The molecule has 0 aliphatic carbocycles. The van der Waals surface area contributed by atoms with Crippen molar-refractivity contribution in [2.24, 2.45) is 0 Å². The molecule has 0 atom stereocenters. The summed E-state index contributed by atoms with van der Waals surface area (Å²) in [7, 11) is 0. The van der Waals surface area contributed by atoms with Crippen molar-refractivity contribution in [3.05, 3.63) is 63.0 Å². The Bertz CT molecular complexity index is 607. The summed E-state index contributed by atoms with van der Waals surface area (Å²) in [6.07, 6.45) is 0.608. The molecule has 1 heterocycles. The first-order chi connectivity index (χ1) is 8.60. The third-order valence-corrected chi connectivity index (χ3v) is 2.82. The third kappa shape index (κ3) is 2.76. The Labute approximate surface area is 109 Å². The van der Waals surface area contributed by atoms with Gasteiger partial charge >= 0.3 is 0 Å². The van der Waals surface area contributed by atoms with E-state index in [1.54, 1.807) is 16.7 Å². The molecule has 18 heavy (non-hydrogen) atoms. The summed E-state index contributed by atoms with van der Waals surface area (Å²) >= 11 is 5.75. The predicted molar refractivity (Wildman–Crippen MR) is 68.4 cm³/mol. The van der Waals surface area contributed by atoms with Gasteiger partial charge in [-0.3, -0.25) is 9.36 Å². The van der Waals surface area contributed by atoms with Gasteiger partial charge in [0.05, 0.1) is 6.54 Å². The van der Waals surface area contributed by atoms with Crippen LogP contribution in [-0.4, -0.2) is 9.55 Å². The van der Waals surface area contributed by atoms with Crippen molar-refractivity contribution in [2.45, 2.75) is 19.9 Å². The minimum atomic E-state index is -0.295. The highest BCUT2D eigenvalue weighted by Crippen LogP contribution is 2.08. The molecule has 0 unspecified atom stereocenters. The number of hydrogen-bond acceptors (Lipinski definition) is 2. The fraction of sp³-hybridized carbons (Fsp3) is 0.231. The molecule has 0 fully saturated rings. The second-order valence-corrected chi connectivity index (χ2v) is 4.29. The van der Waals surface area contributed by atoms with E-state index in [0.717, 1.165) is 5.56 Å². The highest BCUT2D eigenvalue weighted by molar-refractivity contribution is 6.29. The van der Waals surface area contributed by atoms with Crippen molar-refractivity contribution in [1.82, 2.24) is 9.55 Å². The van der Waals surface area contributed by atoms with E-state index >= 15 is 0 Å². The molecular weight excluding hydrogens is 255 g/mol. The predicted octanol–water partition coefficient (Wildman–Crippen LogP) is 2.65. The van der Waals surface area contributed by atoms with E-state index in [4.69, 9.17) is 11.6 Å². The Hall–Kier alpha value is -1.68. The average molecular weight is 267 g/mol. The van der Waals surface area contributed by atoms with Crippen LogP contribution in [0.1, 0.15) is 18.3 Å². The van der Waals surface area contributed by atoms with E-state index in [1.165, 1.54) is 18.2 Å². The summed E-state index contributed by atoms with van der Waals surface area (Å²) in [4.78, 5) is 16.0. The van der Waals surface area contributed by atoms with E-state index in [2.05, 4.69) is 4.98 Å². The van der Waals surface area contributed by atoms with Gasteiger partial charge in [-0.05, 0) is 17.7 Å². The zero-order valence-corrected chi connectivity index (χ0v) is 10.6. The minimum Gasteiger partial charge on any atom is -0.292 e. The van der Waals surface area contributed by atoms with Crippen molar-refractivity contribution >= 4 is 11.6 Å². The maximum Gasteiger partial charge on any atom is 0.255 e. The largest absolute Gasteiger partial charge is 0.292 e. The Kier molecular flexibility index (Phi) is 3.77. The molecule has 0 spiro atoms. The molecule has 94 valence electrons. The van der Waals surface area contributed by atoms with Crippen LogP contribution in [0.2, 0.25) is 5.15 Å². The average Bonchev–Trinajstić information content (AvgIpc) is 2.34. The zero-order chi connectivity index (χ0) is 13.1. The van der Waals surface area contributed by atoms with Gasteiger partial charge in [-0.2, -0.15) is 0 Å². The van der Waals surface area contributed by atoms with Crippen molar-refractivity contribution in [2.75, 3.05) is 0 Å². The van der Waals surface area contributed by atoms with Gasteiger partial charge in [0.25, 0.3) is 5.56 Å². The van der Waals surface area contributed by atoms with Crippen molar-refractivity contribution in [3.63, 3.8) is 0 Å². The fourth-order valence-electron chi connectivity index (χ4n) is 1.73. The lowest BCUT2D eigenvalue weighted by Crippen LogP contribution is -2.24. The first-order valence-corrected chi connectivity index (χ1v) is 5.98. The molecular formula is C13H12ClFN2O. The Morgan fingerprint density at radius 1 is 1.33 bits per heavy atom. The van der Waals surface area contributed by atoms with Crippen molar-refractivity contribution < 1.29 is 4.39 Å². The van der Waals surface area contributed by atoms with Crippen LogP contribution in [0.3, 0.4) is 0 Å². The van der Waals surface area contributed by atoms with Crippen molar-refractivity contribution in [3.8, 4) is 0 Å². The molecule has 1 aromatic heterocycles. The molecule has 1 aromatic carbocycles. The number of nitrogens with zero attached hydrogens (tertiary/aromatic N) is 2. The SMILES string of the molecule is CCc1nc(Cl)cc(=O)n1Cc1ccc(F)cc1. The number of rotatable bonds is 3. The van der Waals surface area contributed by atoms with Gasteiger partial charge < -0.3 is 0 Å². The topological polar surface area (TPSA) is 34.9 Å². The Balaban J connectivity index is 2.39. The van der Waals surface area contributed by atoms with Crippen LogP contribution in [0.5, 0.6) is 0 Å². The molecule has 3 nitrogen and oxygen atoms in total. The molecule has 0 N–H and O–H groups in total. The quantitative estimate of drug-likeness (QED) is 0.801. The monoisotopic (exact) mass is 266 g/mol. The van der Waals surface area contributed by atoms with Gasteiger partial charge in [0.1, 0.15) is 16.8 Å². The van der Waals surface area contributed by atoms with E-state index in [0.29, 0.717) is 18.8 Å². The van der Waals surface area contributed by atoms with E-state index in [-0.39, 0.29) is 16.5 Å². The summed E-state index contributed by atoms with van der Waals surface area (Å²) in [5.41, 5.74) is 0.647. The maximum atomic E-state index is 12.8. The van der Waals surface area contributed by atoms with Crippen LogP contribution < -0.4 is 5.56 Å². The first kappa shape index (κ1) is 12.8. The summed E-state index contributed by atoms with van der Waals surface area (Å²) in [5, 5.41) is 0.201. The fourth-order valence-corrected chi connectivity index (χ4v) is 1.93. The second-order valence-electron chi connectivity index (χ2n) is 3.90. The molecule has 0 saturated carbocycles. The number of halogens is 2. The van der Waals surface area contributed by atoms with E-state index in [9.17, 15) is 9.18 Å². The second kappa shape index (κ2) is 5.31. The molecule has 0 amide bonds. The van der Waals surface area contributed by atoms with Gasteiger partial charge in [0.15, 0.2) is 0 Å². The minimum absolute atomic E-state index is 0.198. The molecule has 2 rings (SSSR count). The normalized spacial score (nSPS) is 10.6. The molecule has 0 bridgehead atoms. The standard InChI is InChI=1S/C13H12ClFN2O/c1-2-12-16-11(14)7-13(18)17(12)8-9-3-5-10(15)6-4-9/h3-7H,2,8H2,1H3. The van der Waals surface area contributed by atoms with Crippen LogP contribution in [0.25, 0.3) is 0 Å². The molecule has 0 radical (unpaired) electrons. The molecule has 0 saturated heterocycles. The summed E-state index contributed by atoms with van der Waals surface area (Å²) < 4.78 is 14.3. The van der Waals surface area contributed by atoms with Gasteiger partial charge in [-0.1, -0.05) is 30.7 Å². The lowest BCUT2D eigenvalue weighted by atomic mass is 10.2. The van der Waals surface area contributed by atoms with Gasteiger partial charge in [0.2, 0.25) is 0 Å². The van der Waals surface area contributed by atoms with Gasteiger partial charge in [-0.25, -0.2) is 9.37 Å². The summed E-state index contributed by atoms with van der Waals surface area (Å²) in [6.45, 7) is 2.27. The number of aryl methyl sites for hydroxylation is 1. The van der Waals surface area contributed by atoms with Crippen LogP contribution in [0.4, 0.5) is 4.39 Å². The first-order valence-electron chi connectivity index (χ1n) is 5.61. The van der Waals surface area contributed by atoms with E-state index < -0.39 is 0 Å². The number of hydrogen-bond donors (Lipinski definition) is 0.